The zero-order chi connectivity index (χ0) is 7.70. The molecule has 0 aliphatic rings. The predicted molar refractivity (Wildman–Crippen MR) is 45.0 cm³/mol. The molecule has 0 aromatic heterocycles. The van der Waals surface area contributed by atoms with Crippen molar-refractivity contribution in [3.8, 4) is 0 Å². The van der Waals surface area contributed by atoms with Gasteiger partial charge in [0.25, 0.3) is 0 Å². The summed E-state index contributed by atoms with van der Waals surface area (Å²) in [4.78, 5) is 0. The van der Waals surface area contributed by atoms with Gasteiger partial charge in [-0.15, -0.1) is 6.04 Å². The van der Waals surface area contributed by atoms with Crippen LogP contribution in [0.5, 0.6) is 0 Å². The summed E-state index contributed by atoms with van der Waals surface area (Å²) in [6, 6.07) is 0.611. The molecular weight excluding hydrogens is 199 g/mol. The summed E-state index contributed by atoms with van der Waals surface area (Å²) in [5, 5.41) is 4.12. The average Bonchev–Trinajstić information content (AvgIpc) is 1.96. The molecule has 1 nitrogen and oxygen atoms in total. The van der Waals surface area contributed by atoms with Crippen molar-refractivity contribution >= 4 is 0 Å². The van der Waals surface area contributed by atoms with Gasteiger partial charge in [0.15, 0.2) is 0 Å². The van der Waals surface area contributed by atoms with Gasteiger partial charge in [-0.2, -0.15) is 7.05 Å². The Balaban J connectivity index is -0.000000149. The van der Waals surface area contributed by atoms with Crippen molar-refractivity contribution in [1.82, 2.24) is 0 Å². The number of rotatable bonds is 3. The zero-order valence-electron chi connectivity index (χ0n) is 8.02. The van der Waals surface area contributed by atoms with E-state index in [-0.39, 0.29) is 32.7 Å². The van der Waals surface area contributed by atoms with Crippen LogP contribution in [0.25, 0.3) is 5.32 Å². The molecule has 10 heavy (non-hydrogen) atoms. The van der Waals surface area contributed by atoms with Gasteiger partial charge in [0, 0.05) is 32.7 Å². The second kappa shape index (κ2) is 16.6. The molecular formula is C8H20NY-. The van der Waals surface area contributed by atoms with Crippen LogP contribution in [-0.4, -0.2) is 13.1 Å². The second-order valence-electron chi connectivity index (χ2n) is 1.73. The van der Waals surface area contributed by atoms with Gasteiger partial charge >= 0.3 is 0 Å². The molecule has 61 valence electrons. The monoisotopic (exact) mass is 219 g/mol. The molecule has 0 spiro atoms. The van der Waals surface area contributed by atoms with Gasteiger partial charge in [-0.25, -0.2) is 0 Å². The predicted octanol–water partition coefficient (Wildman–Crippen LogP) is 3.20. The van der Waals surface area contributed by atoms with Crippen molar-refractivity contribution in [3.05, 3.63) is 5.32 Å². The van der Waals surface area contributed by atoms with Crippen molar-refractivity contribution < 1.29 is 32.7 Å². The maximum absolute atomic E-state index is 4.12. The van der Waals surface area contributed by atoms with Crippen LogP contribution in [0.2, 0.25) is 0 Å². The minimum atomic E-state index is 0. The van der Waals surface area contributed by atoms with E-state index in [0.717, 1.165) is 0 Å². The standard InChI is InChI=1S/C6H14N.C2H6.Y/c1-4-6(5-2)7-3;1-2;/h6H,4-5H2,1-3H3;1-2H3;/q-1;;. The van der Waals surface area contributed by atoms with E-state index in [1.807, 2.05) is 20.9 Å². The van der Waals surface area contributed by atoms with E-state index >= 15 is 0 Å². The van der Waals surface area contributed by atoms with Gasteiger partial charge in [0.2, 0.25) is 0 Å². The van der Waals surface area contributed by atoms with E-state index in [4.69, 9.17) is 0 Å². The van der Waals surface area contributed by atoms with Crippen LogP contribution in [0.3, 0.4) is 0 Å². The van der Waals surface area contributed by atoms with Crippen molar-refractivity contribution in [2.24, 2.45) is 0 Å². The van der Waals surface area contributed by atoms with E-state index in [1.165, 1.54) is 12.8 Å². The summed E-state index contributed by atoms with van der Waals surface area (Å²) in [5.41, 5.74) is 0. The first-order valence-corrected chi connectivity index (χ1v) is 3.94. The minimum Gasteiger partial charge on any atom is -0.662 e. The largest absolute Gasteiger partial charge is 0.662 e. The molecule has 0 amide bonds. The van der Waals surface area contributed by atoms with Crippen LogP contribution in [0.15, 0.2) is 0 Å². The van der Waals surface area contributed by atoms with Gasteiger partial charge in [-0.05, 0) is 0 Å². The SMILES string of the molecule is CC.CCC(CC)[N-]C.[Y]. The molecule has 0 saturated carbocycles. The smallest absolute Gasteiger partial charge is 0 e. The molecule has 1 radical (unpaired) electrons. The van der Waals surface area contributed by atoms with Crippen LogP contribution >= 0.6 is 0 Å². The Bertz CT molecular complexity index is 30.7. The number of hydrogen-bond donors (Lipinski definition) is 0. The third-order valence-electron chi connectivity index (χ3n) is 1.31. The van der Waals surface area contributed by atoms with E-state index in [2.05, 4.69) is 19.2 Å². The third-order valence-corrected chi connectivity index (χ3v) is 1.31. The Kier molecular flexibility index (Phi) is 28.6. The summed E-state index contributed by atoms with van der Waals surface area (Å²) in [6.45, 7) is 8.34. The van der Waals surface area contributed by atoms with Crippen LogP contribution in [0.1, 0.15) is 40.5 Å². The topological polar surface area (TPSA) is 14.1 Å². The summed E-state index contributed by atoms with van der Waals surface area (Å²) in [6.07, 6.45) is 2.38. The second-order valence-corrected chi connectivity index (χ2v) is 1.73. The fourth-order valence-electron chi connectivity index (χ4n) is 0.654. The number of hydrogen-bond acceptors (Lipinski definition) is 0. The van der Waals surface area contributed by atoms with E-state index < -0.39 is 0 Å². The molecule has 0 aliphatic heterocycles. The van der Waals surface area contributed by atoms with Gasteiger partial charge in [0.05, 0.1) is 0 Å². The molecule has 0 bridgehead atoms. The molecule has 0 heterocycles. The molecule has 0 aliphatic carbocycles. The van der Waals surface area contributed by atoms with Crippen molar-refractivity contribution in [1.29, 1.82) is 0 Å². The van der Waals surface area contributed by atoms with Crippen LogP contribution < -0.4 is 0 Å². The summed E-state index contributed by atoms with van der Waals surface area (Å²) >= 11 is 0. The van der Waals surface area contributed by atoms with Crippen molar-refractivity contribution in [3.63, 3.8) is 0 Å². The first kappa shape index (κ1) is 17.2. The fourth-order valence-corrected chi connectivity index (χ4v) is 0.654. The van der Waals surface area contributed by atoms with Crippen molar-refractivity contribution in [2.75, 3.05) is 7.05 Å². The first-order chi connectivity index (χ1) is 4.35. The van der Waals surface area contributed by atoms with Gasteiger partial charge in [-0.3, -0.25) is 0 Å². The Morgan fingerprint density at radius 2 is 1.40 bits per heavy atom. The van der Waals surface area contributed by atoms with E-state index in [9.17, 15) is 0 Å². The quantitative estimate of drug-likeness (QED) is 0.692. The Hall–Kier alpha value is 1.06. The molecule has 0 unspecified atom stereocenters. The normalized spacial score (nSPS) is 7.80. The van der Waals surface area contributed by atoms with Crippen LogP contribution in [0.4, 0.5) is 0 Å². The number of nitrogens with zero attached hydrogens (tertiary/aromatic N) is 1. The molecule has 0 saturated heterocycles. The van der Waals surface area contributed by atoms with Gasteiger partial charge in [0.1, 0.15) is 0 Å². The van der Waals surface area contributed by atoms with Crippen LogP contribution in [0, 0.1) is 0 Å². The first-order valence-electron chi connectivity index (χ1n) is 3.94. The Labute approximate surface area is 91.2 Å². The van der Waals surface area contributed by atoms with E-state index in [1.54, 1.807) is 0 Å². The zero-order valence-corrected chi connectivity index (χ0v) is 10.9. The van der Waals surface area contributed by atoms with Gasteiger partial charge in [-0.1, -0.05) is 40.5 Å². The molecule has 0 aromatic carbocycles. The minimum absolute atomic E-state index is 0. The molecule has 0 N–H and O–H groups in total. The maximum Gasteiger partial charge on any atom is 0 e. The maximum atomic E-state index is 4.12. The van der Waals surface area contributed by atoms with E-state index in [0.29, 0.717) is 6.04 Å². The molecule has 0 aromatic rings. The summed E-state index contributed by atoms with van der Waals surface area (Å²) < 4.78 is 0. The Morgan fingerprint density at radius 1 is 1.10 bits per heavy atom. The average molecular weight is 219 g/mol. The Morgan fingerprint density at radius 3 is 1.40 bits per heavy atom. The molecule has 0 atom stereocenters. The molecule has 0 fully saturated rings. The van der Waals surface area contributed by atoms with Crippen LogP contribution in [-0.2, 0) is 32.7 Å². The molecule has 2 heteroatoms. The van der Waals surface area contributed by atoms with Gasteiger partial charge < -0.3 is 5.32 Å². The third kappa shape index (κ3) is 11.8. The summed E-state index contributed by atoms with van der Waals surface area (Å²) in [7, 11) is 1.89. The fraction of sp³-hybridized carbons (Fsp3) is 1.00. The summed E-state index contributed by atoms with van der Waals surface area (Å²) in [5.74, 6) is 0. The van der Waals surface area contributed by atoms with Crippen molar-refractivity contribution in [2.45, 2.75) is 46.6 Å². The molecule has 0 rings (SSSR count).